The standard InChI is InChI=1S/C49H81N13O20S/c1-11-24(8)40(48(80)55-25(9)49(81)82)62-47(79)39(23(6)7)61-46(78)38(22(4)5)59-33(66)18-51-30(63)17-54-45(77)37(21(2)3)60-43(75)27(12-13-83-10)58-44(76)29(16-36(71)72)57-32(65)20-53-42(74)28(15-35(69)70)56-31(64)19-52-41(73)26(50)14-34(67)68/h21-29,37-40H,11-20,50H2,1-10H3,(H,51,63)(H,52,73)(H,53,74)(H,54,77)(H,55,80)(H,56,64)(H,57,65)(H,58,76)(H,59,66)(H,60,75)(H,61,78)(H,62,79)(H,67,68)(H,69,70)(H,71,72)(H,81,82)/t24-,25-,26-,27-,28-,29-,37-,38-,39-,40-/m0/s1. The lowest BCUT2D eigenvalue weighted by atomic mass is 9.95. The Bertz CT molecular complexity index is 2360. The molecule has 0 spiro atoms. The zero-order chi connectivity index (χ0) is 64.0. The molecule has 0 aromatic heterocycles. The fraction of sp³-hybridized carbons (Fsp3) is 0.673. The molecular weight excluding hydrogens is 1120 g/mol. The highest BCUT2D eigenvalue weighted by molar-refractivity contribution is 7.98. The second kappa shape index (κ2) is 37.8. The third kappa shape index (κ3) is 29.4. The van der Waals surface area contributed by atoms with Crippen molar-refractivity contribution in [1.29, 1.82) is 0 Å². The van der Waals surface area contributed by atoms with Crippen LogP contribution in [0.25, 0.3) is 0 Å². The summed E-state index contributed by atoms with van der Waals surface area (Å²) in [5.74, 6) is -19.5. The molecule has 0 aliphatic heterocycles. The van der Waals surface area contributed by atoms with E-state index in [9.17, 15) is 92.0 Å². The Kier molecular flexibility index (Phi) is 34.0. The Morgan fingerprint density at radius 3 is 1.23 bits per heavy atom. The van der Waals surface area contributed by atoms with E-state index in [4.69, 9.17) is 10.8 Å². The van der Waals surface area contributed by atoms with Crippen molar-refractivity contribution in [3.63, 3.8) is 0 Å². The lowest BCUT2D eigenvalue weighted by Crippen LogP contribution is -2.61. The number of carbonyl (C=O) groups excluding carboxylic acids is 12. The number of aliphatic carboxylic acids is 4. The third-order valence-electron chi connectivity index (χ3n) is 12.0. The molecule has 0 saturated carbocycles. The van der Waals surface area contributed by atoms with Crippen molar-refractivity contribution in [1.82, 2.24) is 63.8 Å². The van der Waals surface area contributed by atoms with Crippen LogP contribution in [0.2, 0.25) is 0 Å². The molecule has 0 aliphatic rings. The zero-order valence-electron chi connectivity index (χ0n) is 47.9. The highest BCUT2D eigenvalue weighted by Gasteiger charge is 2.36. The highest BCUT2D eigenvalue weighted by atomic mass is 32.2. The molecule has 468 valence electrons. The summed E-state index contributed by atoms with van der Waals surface area (Å²) in [5.41, 5.74) is 5.41. The van der Waals surface area contributed by atoms with Crippen LogP contribution in [0.15, 0.2) is 0 Å². The van der Waals surface area contributed by atoms with Crippen LogP contribution in [0.4, 0.5) is 0 Å². The van der Waals surface area contributed by atoms with Crippen LogP contribution >= 0.6 is 11.8 Å². The fourth-order valence-corrected chi connectivity index (χ4v) is 7.53. The normalized spacial score (nSPS) is 14.6. The maximum absolute atomic E-state index is 13.7. The number of rotatable bonds is 39. The number of nitrogens with one attached hydrogen (secondary N) is 12. The summed E-state index contributed by atoms with van der Waals surface area (Å²) < 4.78 is 0. The van der Waals surface area contributed by atoms with E-state index in [1.165, 1.54) is 32.5 Å². The average Bonchev–Trinajstić information content (AvgIpc) is 3.41. The fourth-order valence-electron chi connectivity index (χ4n) is 7.06. The molecule has 83 heavy (non-hydrogen) atoms. The molecule has 0 aliphatic carbocycles. The zero-order valence-corrected chi connectivity index (χ0v) is 48.7. The first kappa shape index (κ1) is 74.8. The van der Waals surface area contributed by atoms with Crippen molar-refractivity contribution in [3.05, 3.63) is 0 Å². The van der Waals surface area contributed by atoms with Crippen LogP contribution in [0.1, 0.15) is 94.4 Å². The summed E-state index contributed by atoms with van der Waals surface area (Å²) >= 11 is 1.24. The van der Waals surface area contributed by atoms with Crippen LogP contribution < -0.4 is 69.5 Å². The highest BCUT2D eigenvalue weighted by Crippen LogP contribution is 2.13. The summed E-state index contributed by atoms with van der Waals surface area (Å²) in [5, 5.41) is 64.5. The van der Waals surface area contributed by atoms with Gasteiger partial charge in [-0.25, -0.2) is 0 Å². The maximum atomic E-state index is 13.7. The minimum absolute atomic E-state index is 0.0994. The average molecular weight is 1200 g/mol. The second-order valence-electron chi connectivity index (χ2n) is 20.1. The number of nitrogens with two attached hydrogens (primary N) is 1. The van der Waals surface area contributed by atoms with Gasteiger partial charge in [-0.15, -0.1) is 0 Å². The number of carboxylic acid groups (broad SMARTS) is 4. The van der Waals surface area contributed by atoms with Gasteiger partial charge in [0.05, 0.1) is 51.5 Å². The van der Waals surface area contributed by atoms with E-state index in [1.807, 2.05) is 16.0 Å². The summed E-state index contributed by atoms with van der Waals surface area (Å²) in [6, 6.07) is -13.0. The van der Waals surface area contributed by atoms with Crippen LogP contribution in [0.3, 0.4) is 0 Å². The first-order valence-corrected chi connectivity index (χ1v) is 27.6. The van der Waals surface area contributed by atoms with Crippen LogP contribution in [-0.2, 0) is 76.7 Å². The Labute approximate surface area is 482 Å². The van der Waals surface area contributed by atoms with Crippen molar-refractivity contribution in [2.75, 3.05) is 38.2 Å². The number of hydrogen-bond donors (Lipinski definition) is 17. The van der Waals surface area contributed by atoms with Gasteiger partial charge >= 0.3 is 23.9 Å². The van der Waals surface area contributed by atoms with Crippen molar-refractivity contribution >= 4 is 107 Å². The van der Waals surface area contributed by atoms with E-state index >= 15 is 0 Å². The number of carbonyl (C=O) groups is 16. The topological polar surface area (TPSA) is 524 Å². The molecule has 34 heteroatoms. The lowest BCUT2D eigenvalue weighted by molar-refractivity contribution is -0.142. The molecule has 18 N–H and O–H groups in total. The Morgan fingerprint density at radius 2 is 0.771 bits per heavy atom. The number of thioether (sulfide) groups is 1. The van der Waals surface area contributed by atoms with Crippen molar-refractivity contribution in [2.24, 2.45) is 29.4 Å². The molecule has 12 amide bonds. The molecule has 0 aromatic carbocycles. The smallest absolute Gasteiger partial charge is 0.325 e. The van der Waals surface area contributed by atoms with Gasteiger partial charge in [-0.2, -0.15) is 11.8 Å². The molecule has 0 saturated heterocycles. The van der Waals surface area contributed by atoms with Gasteiger partial charge in [0.25, 0.3) is 0 Å². The van der Waals surface area contributed by atoms with E-state index < -0.39 is 218 Å². The largest absolute Gasteiger partial charge is 0.481 e. The monoisotopic (exact) mass is 1200 g/mol. The predicted molar refractivity (Wildman–Crippen MR) is 292 cm³/mol. The third-order valence-corrected chi connectivity index (χ3v) is 12.7. The van der Waals surface area contributed by atoms with E-state index in [0.717, 1.165) is 0 Å². The Morgan fingerprint density at radius 1 is 0.398 bits per heavy atom. The lowest BCUT2D eigenvalue weighted by Gasteiger charge is -2.30. The molecule has 0 aromatic rings. The molecule has 33 nitrogen and oxygen atoms in total. The minimum Gasteiger partial charge on any atom is -0.481 e. The van der Waals surface area contributed by atoms with Gasteiger partial charge in [-0.05, 0) is 49.0 Å². The molecule has 0 unspecified atom stereocenters. The molecule has 10 atom stereocenters. The molecule has 0 bridgehead atoms. The first-order valence-electron chi connectivity index (χ1n) is 26.2. The quantitative estimate of drug-likeness (QED) is 0.0272. The van der Waals surface area contributed by atoms with Crippen molar-refractivity contribution in [3.8, 4) is 0 Å². The van der Waals surface area contributed by atoms with Gasteiger partial charge in [0.2, 0.25) is 70.9 Å². The molecule has 0 fully saturated rings. The summed E-state index contributed by atoms with van der Waals surface area (Å²) in [4.78, 5) is 202. The Balaban J connectivity index is 5.81. The maximum Gasteiger partial charge on any atom is 0.325 e. The second-order valence-corrected chi connectivity index (χ2v) is 21.1. The van der Waals surface area contributed by atoms with Gasteiger partial charge in [0.15, 0.2) is 0 Å². The van der Waals surface area contributed by atoms with Crippen LogP contribution in [0.5, 0.6) is 0 Å². The minimum atomic E-state index is -1.89. The van der Waals surface area contributed by atoms with Gasteiger partial charge in [-0.3, -0.25) is 76.7 Å². The number of hydrogen-bond acceptors (Lipinski definition) is 18. The van der Waals surface area contributed by atoms with Gasteiger partial charge < -0.3 is 90.0 Å². The molecule has 0 rings (SSSR count). The molecule has 0 heterocycles. The number of amides is 12. The van der Waals surface area contributed by atoms with E-state index in [0.29, 0.717) is 6.42 Å². The van der Waals surface area contributed by atoms with Gasteiger partial charge in [0.1, 0.15) is 48.3 Å². The van der Waals surface area contributed by atoms with Crippen LogP contribution in [0, 0.1) is 23.7 Å². The number of carboxylic acids is 4. The summed E-state index contributed by atoms with van der Waals surface area (Å²) in [6.45, 7) is 10.9. The molecule has 0 radical (unpaired) electrons. The van der Waals surface area contributed by atoms with Crippen molar-refractivity contribution < 1.29 is 97.1 Å². The Hall–Kier alpha value is -8.17. The van der Waals surface area contributed by atoms with Crippen LogP contribution in [-0.4, -0.2) is 208 Å². The SMILES string of the molecule is CC[C@H](C)[C@H](NC(=O)[C@@H](NC(=O)[C@@H](NC(=O)CNC(=O)CNC(=O)[C@@H](NC(=O)[C@H](CCSC)NC(=O)[C@H](CC(=O)O)NC(=O)CNC(=O)[C@H](CC(=O)O)NC(=O)CNC(=O)[C@@H](N)CC(=O)O)C(C)C)C(C)C)C(C)C)C(=O)N[C@@H](C)C(=O)O. The van der Waals surface area contributed by atoms with E-state index in [2.05, 4.69) is 47.9 Å². The van der Waals surface area contributed by atoms with E-state index in [1.54, 1.807) is 47.8 Å². The van der Waals surface area contributed by atoms with Crippen molar-refractivity contribution in [2.45, 2.75) is 149 Å². The molecular formula is C49H81N13O20S. The summed E-state index contributed by atoms with van der Waals surface area (Å²) in [7, 11) is 0. The van der Waals surface area contributed by atoms with Gasteiger partial charge in [0, 0.05) is 0 Å². The van der Waals surface area contributed by atoms with E-state index in [-0.39, 0.29) is 12.2 Å². The van der Waals surface area contributed by atoms with Gasteiger partial charge in [-0.1, -0.05) is 61.8 Å². The summed E-state index contributed by atoms with van der Waals surface area (Å²) in [6.07, 6.45) is -0.878. The first-order chi connectivity index (χ1) is 38.6. The predicted octanol–water partition coefficient (Wildman–Crippen LogP) is -6.05.